The summed E-state index contributed by atoms with van der Waals surface area (Å²) in [7, 11) is -3.57. The van der Waals surface area contributed by atoms with Crippen molar-refractivity contribution >= 4 is 15.7 Å². The van der Waals surface area contributed by atoms with Crippen LogP contribution in [0.4, 0.5) is 5.69 Å². The van der Waals surface area contributed by atoms with Crippen molar-refractivity contribution in [1.82, 2.24) is 0 Å². The molecule has 0 fully saturated rings. The van der Waals surface area contributed by atoms with E-state index in [9.17, 15) is 8.42 Å². The van der Waals surface area contributed by atoms with Crippen LogP contribution in [-0.2, 0) is 16.4 Å². The number of para-hydroxylation sites is 1. The minimum absolute atomic E-state index is 0.341. The molecule has 2 rings (SSSR count). The molecule has 0 heterocycles. The van der Waals surface area contributed by atoms with Crippen molar-refractivity contribution in [3.05, 3.63) is 58.7 Å². The van der Waals surface area contributed by atoms with E-state index in [1.54, 1.807) is 6.07 Å². The highest BCUT2D eigenvalue weighted by atomic mass is 32.2. The molecule has 0 saturated carbocycles. The van der Waals surface area contributed by atoms with Gasteiger partial charge in [-0.15, -0.1) is 0 Å². The van der Waals surface area contributed by atoms with Gasteiger partial charge in [0.15, 0.2) is 0 Å². The lowest BCUT2D eigenvalue weighted by molar-refractivity contribution is 0.600. The molecule has 0 amide bonds. The summed E-state index contributed by atoms with van der Waals surface area (Å²) in [5.41, 5.74) is 4.31. The van der Waals surface area contributed by atoms with E-state index >= 15 is 0 Å². The van der Waals surface area contributed by atoms with E-state index in [0.29, 0.717) is 10.6 Å². The number of hydrogen-bond donors (Lipinski definition) is 1. The SMILES string of the molecule is CCc1cccc(C)c1NS(=O)(=O)c1cc(C)ccc1C. The van der Waals surface area contributed by atoms with E-state index in [1.165, 1.54) is 0 Å². The van der Waals surface area contributed by atoms with Crippen LogP contribution in [0.1, 0.15) is 29.2 Å². The first-order chi connectivity index (χ1) is 9.85. The van der Waals surface area contributed by atoms with Crippen molar-refractivity contribution in [2.75, 3.05) is 4.72 Å². The Labute approximate surface area is 127 Å². The summed E-state index contributed by atoms with van der Waals surface area (Å²) in [6.07, 6.45) is 0.784. The standard InChI is InChI=1S/C17H21NO2S/c1-5-15-8-6-7-14(4)17(15)18-21(19,20)16-11-12(2)9-10-13(16)3/h6-11,18H,5H2,1-4H3. The maximum atomic E-state index is 12.7. The highest BCUT2D eigenvalue weighted by Crippen LogP contribution is 2.26. The molecule has 0 unspecified atom stereocenters. The van der Waals surface area contributed by atoms with Crippen LogP contribution >= 0.6 is 0 Å². The monoisotopic (exact) mass is 303 g/mol. The van der Waals surface area contributed by atoms with Gasteiger partial charge in [-0.25, -0.2) is 8.42 Å². The normalized spacial score (nSPS) is 11.4. The molecule has 2 aromatic carbocycles. The lowest BCUT2D eigenvalue weighted by Gasteiger charge is -2.16. The summed E-state index contributed by atoms with van der Waals surface area (Å²) in [5, 5.41) is 0. The fraction of sp³-hybridized carbons (Fsp3) is 0.294. The average Bonchev–Trinajstić information content (AvgIpc) is 2.43. The second kappa shape index (κ2) is 5.90. The quantitative estimate of drug-likeness (QED) is 0.928. The fourth-order valence-electron chi connectivity index (χ4n) is 2.36. The third-order valence-corrected chi connectivity index (χ3v) is 5.10. The molecule has 0 aliphatic heterocycles. The largest absolute Gasteiger partial charge is 0.279 e. The van der Waals surface area contributed by atoms with Crippen LogP contribution in [0.5, 0.6) is 0 Å². The summed E-state index contributed by atoms with van der Waals surface area (Å²) < 4.78 is 28.1. The highest BCUT2D eigenvalue weighted by molar-refractivity contribution is 7.92. The van der Waals surface area contributed by atoms with E-state index in [-0.39, 0.29) is 0 Å². The topological polar surface area (TPSA) is 46.2 Å². The van der Waals surface area contributed by atoms with Crippen LogP contribution in [0.2, 0.25) is 0 Å². The van der Waals surface area contributed by atoms with Crippen LogP contribution < -0.4 is 4.72 Å². The average molecular weight is 303 g/mol. The van der Waals surface area contributed by atoms with Gasteiger partial charge in [0, 0.05) is 0 Å². The van der Waals surface area contributed by atoms with Crippen LogP contribution in [0.15, 0.2) is 41.3 Å². The van der Waals surface area contributed by atoms with Crippen molar-refractivity contribution in [1.29, 1.82) is 0 Å². The molecule has 0 aliphatic carbocycles. The Morgan fingerprint density at radius 2 is 1.71 bits per heavy atom. The third kappa shape index (κ3) is 3.27. The Bertz CT molecular complexity index is 764. The number of sulfonamides is 1. The number of rotatable bonds is 4. The Hall–Kier alpha value is -1.81. The molecule has 112 valence electrons. The van der Waals surface area contributed by atoms with Gasteiger partial charge in [-0.3, -0.25) is 4.72 Å². The zero-order chi connectivity index (χ0) is 15.6. The molecule has 0 aliphatic rings. The van der Waals surface area contributed by atoms with E-state index in [4.69, 9.17) is 0 Å². The lowest BCUT2D eigenvalue weighted by atomic mass is 10.1. The number of anilines is 1. The summed E-state index contributed by atoms with van der Waals surface area (Å²) in [4.78, 5) is 0.341. The summed E-state index contributed by atoms with van der Waals surface area (Å²) >= 11 is 0. The zero-order valence-corrected chi connectivity index (χ0v) is 13.7. The smallest absolute Gasteiger partial charge is 0.262 e. The molecule has 0 spiro atoms. The van der Waals surface area contributed by atoms with Crippen LogP contribution in [0.3, 0.4) is 0 Å². The molecule has 1 N–H and O–H groups in total. The Morgan fingerprint density at radius 3 is 2.38 bits per heavy atom. The van der Waals surface area contributed by atoms with Gasteiger partial charge >= 0.3 is 0 Å². The predicted molar refractivity (Wildman–Crippen MR) is 87.3 cm³/mol. The molecule has 0 bridgehead atoms. The van der Waals surface area contributed by atoms with Gasteiger partial charge in [-0.1, -0.05) is 37.3 Å². The van der Waals surface area contributed by atoms with Crippen molar-refractivity contribution in [3.8, 4) is 0 Å². The molecule has 4 heteroatoms. The minimum Gasteiger partial charge on any atom is -0.279 e. The molecular formula is C17H21NO2S. The molecule has 0 saturated heterocycles. The molecule has 21 heavy (non-hydrogen) atoms. The number of hydrogen-bond acceptors (Lipinski definition) is 2. The van der Waals surface area contributed by atoms with Gasteiger partial charge in [-0.05, 0) is 55.5 Å². The third-order valence-electron chi connectivity index (χ3n) is 3.61. The van der Waals surface area contributed by atoms with Crippen LogP contribution in [0.25, 0.3) is 0 Å². The summed E-state index contributed by atoms with van der Waals surface area (Å²) in [6.45, 7) is 7.64. The van der Waals surface area contributed by atoms with Gasteiger partial charge in [0.05, 0.1) is 10.6 Å². The van der Waals surface area contributed by atoms with Crippen molar-refractivity contribution in [2.45, 2.75) is 39.0 Å². The minimum atomic E-state index is -3.57. The van der Waals surface area contributed by atoms with Gasteiger partial charge in [0.1, 0.15) is 0 Å². The summed E-state index contributed by atoms with van der Waals surface area (Å²) in [6, 6.07) is 11.3. The van der Waals surface area contributed by atoms with E-state index < -0.39 is 10.0 Å². The predicted octanol–water partition coefficient (Wildman–Crippen LogP) is 3.98. The first-order valence-electron chi connectivity index (χ1n) is 7.03. The number of aryl methyl sites for hydroxylation is 4. The first kappa shape index (κ1) is 15.6. The molecule has 0 atom stereocenters. The second-order valence-electron chi connectivity index (χ2n) is 5.34. The summed E-state index contributed by atoms with van der Waals surface area (Å²) in [5.74, 6) is 0. The lowest BCUT2D eigenvalue weighted by Crippen LogP contribution is -2.16. The fourth-order valence-corrected chi connectivity index (χ4v) is 3.86. The van der Waals surface area contributed by atoms with E-state index in [1.807, 2.05) is 58.0 Å². The molecular weight excluding hydrogens is 282 g/mol. The van der Waals surface area contributed by atoms with Crippen molar-refractivity contribution < 1.29 is 8.42 Å². The molecule has 3 nitrogen and oxygen atoms in total. The first-order valence-corrected chi connectivity index (χ1v) is 8.52. The Balaban J connectivity index is 2.50. The molecule has 2 aromatic rings. The second-order valence-corrected chi connectivity index (χ2v) is 6.99. The van der Waals surface area contributed by atoms with Gasteiger partial charge in [0.2, 0.25) is 0 Å². The zero-order valence-electron chi connectivity index (χ0n) is 12.9. The maximum Gasteiger partial charge on any atom is 0.262 e. The van der Waals surface area contributed by atoms with Crippen LogP contribution in [-0.4, -0.2) is 8.42 Å². The van der Waals surface area contributed by atoms with E-state index in [2.05, 4.69) is 4.72 Å². The maximum absolute atomic E-state index is 12.7. The number of nitrogens with one attached hydrogen (secondary N) is 1. The van der Waals surface area contributed by atoms with Crippen molar-refractivity contribution in [3.63, 3.8) is 0 Å². The van der Waals surface area contributed by atoms with Crippen LogP contribution in [0, 0.1) is 20.8 Å². The van der Waals surface area contributed by atoms with E-state index in [0.717, 1.165) is 28.7 Å². The number of benzene rings is 2. The van der Waals surface area contributed by atoms with Crippen molar-refractivity contribution in [2.24, 2.45) is 0 Å². The Morgan fingerprint density at radius 1 is 1.00 bits per heavy atom. The van der Waals surface area contributed by atoms with Gasteiger partial charge in [0.25, 0.3) is 10.0 Å². The van der Waals surface area contributed by atoms with Gasteiger partial charge < -0.3 is 0 Å². The molecule has 0 aromatic heterocycles. The molecule has 0 radical (unpaired) electrons. The Kier molecular flexibility index (Phi) is 4.37. The highest BCUT2D eigenvalue weighted by Gasteiger charge is 2.19. The van der Waals surface area contributed by atoms with Gasteiger partial charge in [-0.2, -0.15) is 0 Å².